The van der Waals surface area contributed by atoms with E-state index in [1.54, 1.807) is 0 Å². The molecule has 2 fully saturated rings. The Morgan fingerprint density at radius 3 is 2.32 bits per heavy atom. The van der Waals surface area contributed by atoms with Crippen LogP contribution in [0.4, 0.5) is 0 Å². The third-order valence-corrected chi connectivity index (χ3v) is 5.74. The van der Waals surface area contributed by atoms with Gasteiger partial charge in [-0.1, -0.05) is 32.1 Å². The maximum Gasteiger partial charge on any atom is 0.223 e. The van der Waals surface area contributed by atoms with Gasteiger partial charge in [0.1, 0.15) is 0 Å². The van der Waals surface area contributed by atoms with Crippen LogP contribution in [-0.2, 0) is 9.59 Å². The average molecular weight is 352 g/mol. The van der Waals surface area contributed by atoms with Crippen LogP contribution in [0.5, 0.6) is 0 Å². The number of hydrogen-bond donors (Lipinski definition) is 1. The fraction of sp³-hybridized carbons (Fsp3) is 0.900. The topological polar surface area (TPSA) is 52.7 Å². The largest absolute Gasteiger partial charge is 0.353 e. The second kappa shape index (κ2) is 10.8. The van der Waals surface area contributed by atoms with Crippen LogP contribution in [0.25, 0.3) is 0 Å². The lowest BCUT2D eigenvalue weighted by molar-refractivity contribution is -0.134. The molecule has 1 aliphatic heterocycles. The van der Waals surface area contributed by atoms with Crippen molar-refractivity contribution in [2.75, 3.05) is 33.2 Å². The number of amides is 2. The molecule has 1 N–H and O–H groups in total. The number of hydrogen-bond acceptors (Lipinski definition) is 3. The van der Waals surface area contributed by atoms with E-state index in [-0.39, 0.29) is 11.8 Å². The molecular weight excluding hydrogens is 314 g/mol. The number of carbonyl (C=O) groups excluding carboxylic acids is 2. The van der Waals surface area contributed by atoms with Crippen molar-refractivity contribution in [2.45, 2.75) is 77.2 Å². The van der Waals surface area contributed by atoms with Gasteiger partial charge >= 0.3 is 0 Å². The second-order valence-corrected chi connectivity index (χ2v) is 7.96. The smallest absolute Gasteiger partial charge is 0.223 e. The van der Waals surface area contributed by atoms with Crippen LogP contribution in [0.1, 0.15) is 71.1 Å². The molecule has 0 bridgehead atoms. The maximum atomic E-state index is 12.5. The summed E-state index contributed by atoms with van der Waals surface area (Å²) in [6, 6.07) is 0.319. The monoisotopic (exact) mass is 351 g/mol. The van der Waals surface area contributed by atoms with Crippen LogP contribution >= 0.6 is 0 Å². The van der Waals surface area contributed by atoms with E-state index in [9.17, 15) is 9.59 Å². The first kappa shape index (κ1) is 20.2. The molecule has 1 aliphatic carbocycles. The number of likely N-dealkylation sites (tertiary alicyclic amines) is 1. The summed E-state index contributed by atoms with van der Waals surface area (Å²) in [6.45, 7) is 5.81. The van der Waals surface area contributed by atoms with Crippen LogP contribution in [-0.4, -0.2) is 60.9 Å². The molecule has 5 nitrogen and oxygen atoms in total. The number of nitrogens with one attached hydrogen (secondary N) is 1. The lowest BCUT2D eigenvalue weighted by atomic mass is 9.96. The molecule has 1 heterocycles. The van der Waals surface area contributed by atoms with E-state index in [0.29, 0.717) is 24.8 Å². The van der Waals surface area contributed by atoms with Gasteiger partial charge in [-0.05, 0) is 45.7 Å². The van der Waals surface area contributed by atoms with Gasteiger partial charge in [0.2, 0.25) is 11.8 Å². The molecule has 0 aromatic rings. The van der Waals surface area contributed by atoms with E-state index in [1.165, 1.54) is 38.5 Å². The molecule has 25 heavy (non-hydrogen) atoms. The van der Waals surface area contributed by atoms with Crippen molar-refractivity contribution in [1.82, 2.24) is 15.1 Å². The summed E-state index contributed by atoms with van der Waals surface area (Å²) in [6.07, 6.45) is 10.4. The van der Waals surface area contributed by atoms with Crippen molar-refractivity contribution in [3.8, 4) is 0 Å². The van der Waals surface area contributed by atoms with Gasteiger partial charge in [-0.25, -0.2) is 0 Å². The zero-order chi connectivity index (χ0) is 18.1. The molecule has 0 spiro atoms. The van der Waals surface area contributed by atoms with Gasteiger partial charge in [-0.2, -0.15) is 0 Å². The van der Waals surface area contributed by atoms with Crippen LogP contribution < -0.4 is 5.32 Å². The average Bonchev–Trinajstić information content (AvgIpc) is 2.98. The summed E-state index contributed by atoms with van der Waals surface area (Å²) < 4.78 is 0. The Kier molecular flexibility index (Phi) is 8.73. The molecule has 1 atom stereocenters. The molecule has 0 aromatic heterocycles. The van der Waals surface area contributed by atoms with Crippen LogP contribution in [0.3, 0.4) is 0 Å². The van der Waals surface area contributed by atoms with Crippen molar-refractivity contribution in [2.24, 2.45) is 5.92 Å². The minimum atomic E-state index is 0.0515. The van der Waals surface area contributed by atoms with Crippen molar-refractivity contribution >= 4 is 11.8 Å². The summed E-state index contributed by atoms with van der Waals surface area (Å²) in [7, 11) is 2.14. The third-order valence-electron chi connectivity index (χ3n) is 5.74. The summed E-state index contributed by atoms with van der Waals surface area (Å²) in [5.74, 6) is 0.762. The minimum Gasteiger partial charge on any atom is -0.353 e. The molecule has 5 heteroatoms. The molecule has 0 radical (unpaired) electrons. The molecule has 144 valence electrons. The van der Waals surface area contributed by atoms with Crippen molar-refractivity contribution in [3.05, 3.63) is 0 Å². The third kappa shape index (κ3) is 7.35. The molecule has 1 saturated heterocycles. The van der Waals surface area contributed by atoms with Gasteiger partial charge in [0.15, 0.2) is 0 Å². The van der Waals surface area contributed by atoms with E-state index < -0.39 is 0 Å². The Bertz CT molecular complexity index is 419. The Morgan fingerprint density at radius 2 is 1.72 bits per heavy atom. The normalized spacial score (nSPS) is 23.0. The molecule has 1 unspecified atom stereocenters. The molecule has 2 amide bonds. The van der Waals surface area contributed by atoms with Crippen molar-refractivity contribution < 1.29 is 9.59 Å². The van der Waals surface area contributed by atoms with Crippen LogP contribution in [0.15, 0.2) is 0 Å². The van der Waals surface area contributed by atoms with E-state index in [4.69, 9.17) is 0 Å². The fourth-order valence-electron chi connectivity index (χ4n) is 4.17. The highest BCUT2D eigenvalue weighted by molar-refractivity contribution is 5.83. The minimum absolute atomic E-state index is 0.0515. The Labute approximate surface area is 153 Å². The highest BCUT2D eigenvalue weighted by Gasteiger charge is 2.24. The van der Waals surface area contributed by atoms with Gasteiger partial charge in [0.05, 0.1) is 0 Å². The Hall–Kier alpha value is -1.10. The predicted octanol–water partition coefficient (Wildman–Crippen LogP) is 2.80. The predicted molar refractivity (Wildman–Crippen MR) is 101 cm³/mol. The summed E-state index contributed by atoms with van der Waals surface area (Å²) >= 11 is 0. The fourth-order valence-corrected chi connectivity index (χ4v) is 4.17. The Balaban J connectivity index is 1.68. The van der Waals surface area contributed by atoms with Gasteiger partial charge in [-0.15, -0.1) is 0 Å². The van der Waals surface area contributed by atoms with Crippen LogP contribution in [0.2, 0.25) is 0 Å². The molecular formula is C20H37N3O2. The lowest BCUT2D eigenvalue weighted by Crippen LogP contribution is -2.38. The van der Waals surface area contributed by atoms with E-state index >= 15 is 0 Å². The van der Waals surface area contributed by atoms with Crippen molar-refractivity contribution in [3.63, 3.8) is 0 Å². The number of nitrogens with zero attached hydrogens (tertiary/aromatic N) is 2. The summed E-state index contributed by atoms with van der Waals surface area (Å²) in [5.41, 5.74) is 0. The van der Waals surface area contributed by atoms with Gasteiger partial charge in [0, 0.05) is 38.5 Å². The zero-order valence-electron chi connectivity index (χ0n) is 16.3. The zero-order valence-corrected chi connectivity index (χ0v) is 16.3. The van der Waals surface area contributed by atoms with Gasteiger partial charge in [0.25, 0.3) is 0 Å². The molecule has 2 aliphatic rings. The summed E-state index contributed by atoms with van der Waals surface area (Å²) in [5, 5.41) is 3.16. The molecule has 2 rings (SSSR count). The molecule has 1 saturated carbocycles. The maximum absolute atomic E-state index is 12.5. The number of rotatable bonds is 7. The number of carbonyl (C=O) groups is 2. The first-order valence-electron chi connectivity index (χ1n) is 10.3. The van der Waals surface area contributed by atoms with E-state index in [1.807, 2.05) is 11.8 Å². The Morgan fingerprint density at radius 1 is 1.04 bits per heavy atom. The van der Waals surface area contributed by atoms with Crippen molar-refractivity contribution in [1.29, 1.82) is 0 Å². The standard InChI is InChI=1S/C20H37N3O2/c1-3-23(16-17-13-14-22(2)15-17)20(25)12-11-19(24)21-18-9-7-5-4-6-8-10-18/h17-18H,3-16H2,1-2H3,(H,21,24). The lowest BCUT2D eigenvalue weighted by Gasteiger charge is -2.25. The highest BCUT2D eigenvalue weighted by Crippen LogP contribution is 2.18. The van der Waals surface area contributed by atoms with Gasteiger partial charge < -0.3 is 15.1 Å². The first-order chi connectivity index (χ1) is 12.1. The SMILES string of the molecule is CCN(CC1CCN(C)C1)C(=O)CCC(=O)NC1CCCCCCC1. The quantitative estimate of drug-likeness (QED) is 0.767. The first-order valence-corrected chi connectivity index (χ1v) is 10.3. The second-order valence-electron chi connectivity index (χ2n) is 7.96. The van der Waals surface area contributed by atoms with E-state index in [0.717, 1.165) is 39.0 Å². The van der Waals surface area contributed by atoms with Crippen LogP contribution in [0, 0.1) is 5.92 Å². The van der Waals surface area contributed by atoms with Gasteiger partial charge in [-0.3, -0.25) is 9.59 Å². The molecule has 0 aromatic carbocycles. The highest BCUT2D eigenvalue weighted by atomic mass is 16.2. The summed E-state index contributed by atoms with van der Waals surface area (Å²) in [4.78, 5) is 29.0. The van der Waals surface area contributed by atoms with E-state index in [2.05, 4.69) is 17.3 Å².